The lowest BCUT2D eigenvalue weighted by Gasteiger charge is -2.02. The standard InChI is InChI=1S/C17H14ClFN4OS/c1-10-9-20-17(25-10)21-15(24)8-7-14-11(2)22-23(16(14)18)13-5-3-12(19)4-6-13/h3-9H,1-2H3,(H,20,21,24). The van der Waals surface area contributed by atoms with E-state index in [0.29, 0.717) is 27.2 Å². The predicted molar refractivity (Wildman–Crippen MR) is 97.8 cm³/mol. The second-order valence-corrected chi connectivity index (χ2v) is 6.87. The van der Waals surface area contributed by atoms with E-state index in [9.17, 15) is 9.18 Å². The minimum Gasteiger partial charge on any atom is -0.298 e. The molecule has 1 amide bonds. The number of hydrogen-bond acceptors (Lipinski definition) is 4. The molecule has 1 N–H and O–H groups in total. The van der Waals surface area contributed by atoms with Crippen LogP contribution in [0.15, 0.2) is 36.5 Å². The molecule has 0 fully saturated rings. The predicted octanol–water partition coefficient (Wildman–Crippen LogP) is 4.39. The number of benzene rings is 1. The summed E-state index contributed by atoms with van der Waals surface area (Å²) in [4.78, 5) is 17.1. The smallest absolute Gasteiger partial charge is 0.250 e. The van der Waals surface area contributed by atoms with Crippen molar-refractivity contribution < 1.29 is 9.18 Å². The van der Waals surface area contributed by atoms with Crippen LogP contribution >= 0.6 is 22.9 Å². The van der Waals surface area contributed by atoms with Crippen LogP contribution in [0.2, 0.25) is 5.15 Å². The number of halogens is 2. The highest BCUT2D eigenvalue weighted by Crippen LogP contribution is 2.25. The second-order valence-electron chi connectivity index (χ2n) is 5.28. The van der Waals surface area contributed by atoms with Gasteiger partial charge in [-0.15, -0.1) is 11.3 Å². The summed E-state index contributed by atoms with van der Waals surface area (Å²) in [6.45, 7) is 3.70. The van der Waals surface area contributed by atoms with E-state index >= 15 is 0 Å². The van der Waals surface area contributed by atoms with E-state index in [2.05, 4.69) is 15.4 Å². The highest BCUT2D eigenvalue weighted by molar-refractivity contribution is 7.15. The van der Waals surface area contributed by atoms with E-state index < -0.39 is 0 Å². The van der Waals surface area contributed by atoms with Gasteiger partial charge in [-0.3, -0.25) is 10.1 Å². The summed E-state index contributed by atoms with van der Waals surface area (Å²) in [6.07, 6.45) is 4.67. The number of amides is 1. The Morgan fingerprint density at radius 3 is 2.68 bits per heavy atom. The Morgan fingerprint density at radius 2 is 2.04 bits per heavy atom. The van der Waals surface area contributed by atoms with Crippen LogP contribution in [0.5, 0.6) is 0 Å². The molecule has 0 unspecified atom stereocenters. The number of aromatic nitrogens is 3. The van der Waals surface area contributed by atoms with Gasteiger partial charge in [-0.2, -0.15) is 5.10 Å². The molecule has 3 aromatic rings. The molecule has 8 heteroatoms. The minimum absolute atomic E-state index is 0.306. The summed E-state index contributed by atoms with van der Waals surface area (Å²) in [5.74, 6) is -0.641. The van der Waals surface area contributed by atoms with Gasteiger partial charge in [-0.05, 0) is 44.2 Å². The Morgan fingerprint density at radius 1 is 1.32 bits per heavy atom. The maximum atomic E-state index is 13.1. The van der Waals surface area contributed by atoms with Crippen molar-refractivity contribution in [3.63, 3.8) is 0 Å². The monoisotopic (exact) mass is 376 g/mol. The molecule has 1 aromatic carbocycles. The Kier molecular flexibility index (Phi) is 4.96. The molecule has 0 aliphatic carbocycles. The molecular formula is C17H14ClFN4OS. The number of hydrogen-bond donors (Lipinski definition) is 1. The summed E-state index contributed by atoms with van der Waals surface area (Å²) in [7, 11) is 0. The molecule has 0 aliphatic heterocycles. The van der Waals surface area contributed by atoms with Gasteiger partial charge >= 0.3 is 0 Å². The SMILES string of the molecule is Cc1cnc(NC(=O)C=Cc2c(C)nn(-c3ccc(F)cc3)c2Cl)s1. The average Bonchev–Trinajstić information content (AvgIpc) is 3.10. The summed E-state index contributed by atoms with van der Waals surface area (Å²) in [5.41, 5.74) is 1.91. The van der Waals surface area contributed by atoms with Crippen LogP contribution in [0.1, 0.15) is 16.1 Å². The lowest BCUT2D eigenvalue weighted by Crippen LogP contribution is -2.07. The molecule has 25 heavy (non-hydrogen) atoms. The van der Waals surface area contributed by atoms with Crippen molar-refractivity contribution in [1.82, 2.24) is 14.8 Å². The van der Waals surface area contributed by atoms with Gasteiger partial charge in [0, 0.05) is 22.7 Å². The van der Waals surface area contributed by atoms with Crippen LogP contribution in [-0.4, -0.2) is 20.7 Å². The third kappa shape index (κ3) is 3.94. The first-order chi connectivity index (χ1) is 11.9. The van der Waals surface area contributed by atoms with Crippen molar-refractivity contribution in [2.24, 2.45) is 0 Å². The Hall–Kier alpha value is -2.51. The van der Waals surface area contributed by atoms with Gasteiger partial charge < -0.3 is 0 Å². The van der Waals surface area contributed by atoms with E-state index in [1.807, 2.05) is 6.92 Å². The van der Waals surface area contributed by atoms with Crippen molar-refractivity contribution in [3.8, 4) is 5.69 Å². The number of carbonyl (C=O) groups is 1. The number of carbonyl (C=O) groups excluding carboxylic acids is 1. The van der Waals surface area contributed by atoms with Crippen molar-refractivity contribution in [3.05, 3.63) is 63.6 Å². The topological polar surface area (TPSA) is 59.8 Å². The molecule has 5 nitrogen and oxygen atoms in total. The number of rotatable bonds is 4. The van der Waals surface area contributed by atoms with E-state index in [1.165, 1.54) is 34.2 Å². The van der Waals surface area contributed by atoms with Crippen LogP contribution in [0, 0.1) is 19.7 Å². The van der Waals surface area contributed by atoms with Crippen LogP contribution in [0.3, 0.4) is 0 Å². The fraction of sp³-hybridized carbons (Fsp3) is 0.118. The van der Waals surface area contributed by atoms with Gasteiger partial charge in [0.1, 0.15) is 11.0 Å². The maximum absolute atomic E-state index is 13.1. The van der Waals surface area contributed by atoms with Gasteiger partial charge in [0.15, 0.2) is 5.13 Å². The van der Waals surface area contributed by atoms with Crippen LogP contribution < -0.4 is 5.32 Å². The Bertz CT molecular complexity index is 946. The molecule has 0 radical (unpaired) electrons. The zero-order valence-electron chi connectivity index (χ0n) is 13.5. The van der Waals surface area contributed by atoms with Gasteiger partial charge in [-0.25, -0.2) is 14.1 Å². The van der Waals surface area contributed by atoms with Crippen molar-refractivity contribution in [1.29, 1.82) is 0 Å². The fourth-order valence-corrected chi connectivity index (χ4v) is 3.18. The highest BCUT2D eigenvalue weighted by Gasteiger charge is 2.13. The number of aryl methyl sites for hydroxylation is 2. The lowest BCUT2D eigenvalue weighted by molar-refractivity contribution is -0.111. The van der Waals surface area contributed by atoms with E-state index in [-0.39, 0.29) is 11.7 Å². The summed E-state index contributed by atoms with van der Waals surface area (Å²) in [6, 6.07) is 5.83. The Balaban J connectivity index is 1.80. The number of thiazole rings is 1. The lowest BCUT2D eigenvalue weighted by atomic mass is 10.2. The number of anilines is 1. The molecule has 0 atom stereocenters. The third-order valence-electron chi connectivity index (χ3n) is 3.37. The van der Waals surface area contributed by atoms with E-state index in [0.717, 1.165) is 4.88 Å². The molecule has 0 saturated heterocycles. The van der Waals surface area contributed by atoms with Crippen molar-refractivity contribution in [2.45, 2.75) is 13.8 Å². The molecule has 2 aromatic heterocycles. The molecule has 0 bridgehead atoms. The van der Waals surface area contributed by atoms with E-state index in [4.69, 9.17) is 11.6 Å². The average molecular weight is 377 g/mol. The molecule has 0 aliphatic rings. The van der Waals surface area contributed by atoms with Crippen LogP contribution in [0.4, 0.5) is 9.52 Å². The molecule has 128 valence electrons. The first-order valence-corrected chi connectivity index (χ1v) is 8.56. The van der Waals surface area contributed by atoms with Gasteiger partial charge in [0.25, 0.3) is 0 Å². The first kappa shape index (κ1) is 17.3. The molecule has 2 heterocycles. The Labute approximate surface area is 152 Å². The summed E-state index contributed by atoms with van der Waals surface area (Å²) < 4.78 is 14.6. The normalized spacial score (nSPS) is 11.2. The van der Waals surface area contributed by atoms with Crippen LogP contribution in [0.25, 0.3) is 11.8 Å². The van der Waals surface area contributed by atoms with Gasteiger partial charge in [-0.1, -0.05) is 11.6 Å². The van der Waals surface area contributed by atoms with Crippen molar-refractivity contribution >= 4 is 40.1 Å². The largest absolute Gasteiger partial charge is 0.298 e. The number of nitrogens with one attached hydrogen (secondary N) is 1. The molecule has 0 saturated carbocycles. The zero-order chi connectivity index (χ0) is 18.0. The molecule has 3 rings (SSSR count). The van der Waals surface area contributed by atoms with Gasteiger partial charge in [0.2, 0.25) is 5.91 Å². The quantitative estimate of drug-likeness (QED) is 0.687. The summed E-state index contributed by atoms with van der Waals surface area (Å²) in [5, 5.41) is 7.92. The minimum atomic E-state index is -0.335. The fourth-order valence-electron chi connectivity index (χ4n) is 2.17. The maximum Gasteiger partial charge on any atom is 0.250 e. The van der Waals surface area contributed by atoms with Crippen molar-refractivity contribution in [2.75, 3.05) is 5.32 Å². The zero-order valence-corrected chi connectivity index (χ0v) is 15.0. The third-order valence-corrected chi connectivity index (χ3v) is 4.56. The summed E-state index contributed by atoms with van der Waals surface area (Å²) >= 11 is 7.76. The highest BCUT2D eigenvalue weighted by atomic mass is 35.5. The van der Waals surface area contributed by atoms with E-state index in [1.54, 1.807) is 31.3 Å². The molecular weight excluding hydrogens is 363 g/mol. The first-order valence-electron chi connectivity index (χ1n) is 7.36. The van der Waals surface area contributed by atoms with Gasteiger partial charge in [0.05, 0.1) is 11.4 Å². The molecule has 0 spiro atoms. The number of nitrogens with zero attached hydrogens (tertiary/aromatic N) is 3. The second kappa shape index (κ2) is 7.16. The van der Waals surface area contributed by atoms with Crippen LogP contribution in [-0.2, 0) is 4.79 Å².